The number of hydrogen-bond donors (Lipinski definition) is 1. The minimum absolute atomic E-state index is 0.207. The lowest BCUT2D eigenvalue weighted by Crippen LogP contribution is -2.19. The molecule has 1 aromatic heterocycles. The largest absolute Gasteiger partial charge is 0.493 e. The molecule has 3 aromatic rings. The van der Waals surface area contributed by atoms with Crippen molar-refractivity contribution in [3.63, 3.8) is 0 Å². The van der Waals surface area contributed by atoms with Gasteiger partial charge in [-0.15, -0.1) is 11.3 Å². The highest BCUT2D eigenvalue weighted by atomic mass is 35.5. The molecular formula is C23H24ClN3O3S2. The Bertz CT molecular complexity index is 1050. The Morgan fingerprint density at radius 3 is 2.81 bits per heavy atom. The number of aromatic nitrogens is 1. The fourth-order valence-corrected chi connectivity index (χ4v) is 4.38. The van der Waals surface area contributed by atoms with Gasteiger partial charge in [0.1, 0.15) is 0 Å². The average molecular weight is 490 g/mol. The van der Waals surface area contributed by atoms with Crippen LogP contribution in [0.4, 0.5) is 0 Å². The summed E-state index contributed by atoms with van der Waals surface area (Å²) >= 11 is 8.79. The van der Waals surface area contributed by atoms with Gasteiger partial charge in [-0.05, 0) is 42.3 Å². The van der Waals surface area contributed by atoms with Gasteiger partial charge in [-0.1, -0.05) is 48.8 Å². The maximum Gasteiger partial charge on any atom is 0.250 e. The van der Waals surface area contributed by atoms with Crippen LogP contribution in [0, 0.1) is 0 Å². The molecule has 0 bridgehead atoms. The smallest absolute Gasteiger partial charge is 0.250 e. The summed E-state index contributed by atoms with van der Waals surface area (Å²) in [4.78, 5) is 16.7. The number of unbranched alkanes of at least 4 members (excludes halogenated alkanes) is 1. The molecule has 0 saturated carbocycles. The van der Waals surface area contributed by atoms with Crippen molar-refractivity contribution in [2.75, 3.05) is 19.5 Å². The zero-order valence-electron chi connectivity index (χ0n) is 17.8. The van der Waals surface area contributed by atoms with Gasteiger partial charge in [0.15, 0.2) is 15.8 Å². The van der Waals surface area contributed by atoms with Gasteiger partial charge in [0.2, 0.25) is 0 Å². The Kier molecular flexibility index (Phi) is 9.40. The monoisotopic (exact) mass is 489 g/mol. The number of nitrogens with one attached hydrogen (secondary N) is 1. The number of hydrazone groups is 1. The minimum Gasteiger partial charge on any atom is -0.493 e. The van der Waals surface area contributed by atoms with E-state index in [-0.39, 0.29) is 11.7 Å². The molecule has 3 rings (SSSR count). The van der Waals surface area contributed by atoms with Crippen molar-refractivity contribution < 1.29 is 14.3 Å². The van der Waals surface area contributed by atoms with E-state index in [2.05, 4.69) is 22.4 Å². The molecule has 32 heavy (non-hydrogen) atoms. The molecule has 1 N–H and O–H groups in total. The molecule has 9 heteroatoms. The molecule has 0 fully saturated rings. The van der Waals surface area contributed by atoms with Gasteiger partial charge in [0, 0.05) is 16.0 Å². The van der Waals surface area contributed by atoms with Gasteiger partial charge in [-0.2, -0.15) is 5.10 Å². The molecule has 1 heterocycles. The van der Waals surface area contributed by atoms with Gasteiger partial charge < -0.3 is 9.47 Å². The minimum atomic E-state index is -0.207. The van der Waals surface area contributed by atoms with Crippen LogP contribution in [0.3, 0.4) is 0 Å². The second kappa shape index (κ2) is 12.5. The van der Waals surface area contributed by atoms with Gasteiger partial charge in [0.05, 0.1) is 31.4 Å². The van der Waals surface area contributed by atoms with Crippen molar-refractivity contribution >= 4 is 46.8 Å². The zero-order valence-corrected chi connectivity index (χ0v) is 20.2. The number of rotatable bonds is 11. The Morgan fingerprint density at radius 1 is 1.25 bits per heavy atom. The number of ether oxygens (including phenoxy) is 2. The molecule has 0 radical (unpaired) electrons. The first-order valence-corrected chi connectivity index (χ1v) is 12.3. The maximum atomic E-state index is 12.1. The van der Waals surface area contributed by atoms with E-state index in [9.17, 15) is 4.79 Å². The van der Waals surface area contributed by atoms with Crippen LogP contribution in [0.5, 0.6) is 11.5 Å². The van der Waals surface area contributed by atoms with Gasteiger partial charge in [-0.25, -0.2) is 10.4 Å². The van der Waals surface area contributed by atoms with E-state index in [0.29, 0.717) is 23.1 Å². The number of thiazole rings is 1. The third-order valence-electron chi connectivity index (χ3n) is 4.30. The fraction of sp³-hybridized carbons (Fsp3) is 0.261. The van der Waals surface area contributed by atoms with Crippen LogP contribution in [0.1, 0.15) is 25.3 Å². The molecular weight excluding hydrogens is 466 g/mol. The second-order valence-electron chi connectivity index (χ2n) is 6.70. The summed E-state index contributed by atoms with van der Waals surface area (Å²) in [5, 5.41) is 6.68. The summed E-state index contributed by atoms with van der Waals surface area (Å²) in [6.07, 6.45) is 3.62. The molecule has 0 atom stereocenters. The normalized spacial score (nSPS) is 11.0. The SMILES string of the molecule is CCCCOc1ccc(/C=N/NC(=O)CSc2nc(-c3ccc(Cl)cc3)cs2)cc1OC. The fourth-order valence-electron chi connectivity index (χ4n) is 2.63. The number of carbonyl (C=O) groups excluding carboxylic acids is 1. The highest BCUT2D eigenvalue weighted by molar-refractivity contribution is 8.01. The molecule has 168 valence electrons. The van der Waals surface area contributed by atoms with Gasteiger partial charge in [-0.3, -0.25) is 4.79 Å². The molecule has 0 aliphatic carbocycles. The topological polar surface area (TPSA) is 72.8 Å². The standard InChI is InChI=1S/C23H24ClN3O3S2/c1-3-4-11-30-20-10-5-16(12-21(20)29-2)13-25-27-22(28)15-32-23-26-19(14-31-23)17-6-8-18(24)9-7-17/h5-10,12-14H,3-4,11,15H2,1-2H3,(H,27,28)/b25-13+. The number of carbonyl (C=O) groups is 1. The lowest BCUT2D eigenvalue weighted by Gasteiger charge is -2.10. The Balaban J connectivity index is 1.48. The van der Waals surface area contributed by atoms with Crippen LogP contribution in [0.2, 0.25) is 5.02 Å². The summed E-state index contributed by atoms with van der Waals surface area (Å²) < 4.78 is 11.9. The molecule has 0 aliphatic rings. The number of amides is 1. The third kappa shape index (κ3) is 7.25. The highest BCUT2D eigenvalue weighted by Gasteiger charge is 2.08. The summed E-state index contributed by atoms with van der Waals surface area (Å²) in [7, 11) is 1.60. The van der Waals surface area contributed by atoms with E-state index in [1.54, 1.807) is 13.3 Å². The number of methoxy groups -OCH3 is 1. The summed E-state index contributed by atoms with van der Waals surface area (Å²) in [5.74, 6) is 1.34. The molecule has 6 nitrogen and oxygen atoms in total. The van der Waals surface area contributed by atoms with Crippen LogP contribution in [0.15, 0.2) is 57.3 Å². The first kappa shape index (κ1) is 24.1. The highest BCUT2D eigenvalue weighted by Crippen LogP contribution is 2.29. The number of nitrogens with zero attached hydrogens (tertiary/aromatic N) is 2. The summed E-state index contributed by atoms with van der Waals surface area (Å²) in [6.45, 7) is 2.76. The maximum absolute atomic E-state index is 12.1. The first-order valence-electron chi connectivity index (χ1n) is 10.1. The van der Waals surface area contributed by atoms with E-state index in [4.69, 9.17) is 21.1 Å². The van der Waals surface area contributed by atoms with Gasteiger partial charge >= 0.3 is 0 Å². The van der Waals surface area contributed by atoms with E-state index >= 15 is 0 Å². The van der Waals surface area contributed by atoms with Crippen LogP contribution in [-0.2, 0) is 4.79 Å². The molecule has 1 amide bonds. The van der Waals surface area contributed by atoms with Crippen molar-refractivity contribution in [3.8, 4) is 22.8 Å². The Hall–Kier alpha value is -2.55. The Labute approximate surface area is 201 Å². The van der Waals surface area contributed by atoms with Crippen LogP contribution < -0.4 is 14.9 Å². The zero-order chi connectivity index (χ0) is 22.8. The third-order valence-corrected chi connectivity index (χ3v) is 6.57. The molecule has 0 unspecified atom stereocenters. The van der Waals surface area contributed by atoms with Crippen molar-refractivity contribution in [3.05, 3.63) is 58.4 Å². The van der Waals surface area contributed by atoms with Gasteiger partial charge in [0.25, 0.3) is 5.91 Å². The summed E-state index contributed by atoms with van der Waals surface area (Å²) in [5.41, 5.74) is 5.19. The van der Waals surface area contributed by atoms with Crippen molar-refractivity contribution in [1.29, 1.82) is 0 Å². The van der Waals surface area contributed by atoms with Crippen molar-refractivity contribution in [2.24, 2.45) is 5.10 Å². The van der Waals surface area contributed by atoms with Crippen LogP contribution >= 0.6 is 34.7 Å². The molecule has 0 saturated heterocycles. The quantitative estimate of drug-likeness (QED) is 0.157. The number of thioether (sulfide) groups is 1. The van der Waals surface area contributed by atoms with Crippen molar-refractivity contribution in [2.45, 2.75) is 24.1 Å². The predicted molar refractivity (Wildman–Crippen MR) is 132 cm³/mol. The van der Waals surface area contributed by atoms with Crippen LogP contribution in [-0.4, -0.2) is 36.6 Å². The van der Waals surface area contributed by atoms with E-state index in [1.165, 1.54) is 23.1 Å². The lowest BCUT2D eigenvalue weighted by atomic mass is 10.2. The van der Waals surface area contributed by atoms with E-state index in [1.807, 2.05) is 47.8 Å². The summed E-state index contributed by atoms with van der Waals surface area (Å²) in [6, 6.07) is 13.0. The molecule has 0 spiro atoms. The second-order valence-corrected chi connectivity index (χ2v) is 9.22. The van der Waals surface area contributed by atoms with E-state index < -0.39 is 0 Å². The lowest BCUT2D eigenvalue weighted by molar-refractivity contribution is -0.118. The average Bonchev–Trinajstić information content (AvgIpc) is 3.28. The number of benzene rings is 2. The van der Waals surface area contributed by atoms with E-state index in [0.717, 1.165) is 34.0 Å². The molecule has 2 aromatic carbocycles. The number of hydrogen-bond acceptors (Lipinski definition) is 7. The predicted octanol–water partition coefficient (Wildman–Crippen LogP) is 5.89. The molecule has 0 aliphatic heterocycles. The number of halogens is 1. The van der Waals surface area contributed by atoms with Crippen LogP contribution in [0.25, 0.3) is 11.3 Å². The van der Waals surface area contributed by atoms with Crippen molar-refractivity contribution in [1.82, 2.24) is 10.4 Å². The Morgan fingerprint density at radius 2 is 2.06 bits per heavy atom. The first-order chi connectivity index (χ1) is 15.6.